The Hall–Kier alpha value is -2.06. The molecule has 1 aromatic rings. The minimum atomic E-state index is -3.65. The largest absolute Gasteiger partial charge is 0.507 e. The summed E-state index contributed by atoms with van der Waals surface area (Å²) in [5.41, 5.74) is 1.44. The molecule has 1 aromatic carbocycles. The Bertz CT molecular complexity index is 854. The molecule has 1 rings (SSSR count). The topological polar surface area (TPSA) is 58.7 Å². The van der Waals surface area contributed by atoms with Crippen LogP contribution in [0, 0.1) is 6.57 Å². The highest BCUT2D eigenvalue weighted by Crippen LogP contribution is 2.40. The van der Waals surface area contributed by atoms with Gasteiger partial charge >= 0.3 is 0 Å². The van der Waals surface area contributed by atoms with E-state index in [0.717, 1.165) is 24.0 Å². The monoisotopic (exact) mass is 403 g/mol. The first-order valence-electron chi connectivity index (χ1n) is 9.55. The van der Waals surface area contributed by atoms with Crippen LogP contribution >= 0.6 is 0 Å². The van der Waals surface area contributed by atoms with Gasteiger partial charge in [0, 0.05) is 16.9 Å². The van der Waals surface area contributed by atoms with E-state index >= 15 is 0 Å². The van der Waals surface area contributed by atoms with E-state index in [1.54, 1.807) is 18.2 Å². The molecule has 0 saturated carbocycles. The Balaban J connectivity index is 3.49. The van der Waals surface area contributed by atoms with Gasteiger partial charge in [-0.05, 0) is 53.9 Å². The van der Waals surface area contributed by atoms with Gasteiger partial charge in [0.25, 0.3) is 5.03 Å². The maximum absolute atomic E-state index is 12.6. The maximum atomic E-state index is 12.6. The summed E-state index contributed by atoms with van der Waals surface area (Å²) in [6.07, 6.45) is 5.18. The number of phenolic OH excluding ortho intramolecular Hbond substituents is 1. The Morgan fingerprint density at radius 3 is 2.00 bits per heavy atom. The maximum Gasteiger partial charge on any atom is 0.279 e. The predicted octanol–water partition coefficient (Wildman–Crippen LogP) is 5.98. The third kappa shape index (κ3) is 6.24. The average molecular weight is 404 g/mol. The smallest absolute Gasteiger partial charge is 0.279 e. The van der Waals surface area contributed by atoms with E-state index in [2.05, 4.69) is 11.4 Å². The number of unbranched alkanes of at least 4 members (excludes halogenated alkanes) is 2. The van der Waals surface area contributed by atoms with E-state index in [4.69, 9.17) is 6.57 Å². The third-order valence-corrected chi connectivity index (χ3v) is 6.21. The van der Waals surface area contributed by atoms with Crippen LogP contribution in [0.15, 0.2) is 29.8 Å². The van der Waals surface area contributed by atoms with Crippen LogP contribution in [0.5, 0.6) is 5.75 Å². The van der Waals surface area contributed by atoms with Crippen molar-refractivity contribution in [3.05, 3.63) is 57.9 Å². The third-order valence-electron chi connectivity index (χ3n) is 4.54. The summed E-state index contributed by atoms with van der Waals surface area (Å²) in [4.78, 5) is 3.30. The van der Waals surface area contributed by atoms with Gasteiger partial charge in [0.15, 0.2) is 9.84 Å². The molecule has 0 fully saturated rings. The first kappa shape index (κ1) is 24.0. The molecule has 0 aromatic heterocycles. The number of hydrogen-bond acceptors (Lipinski definition) is 3. The summed E-state index contributed by atoms with van der Waals surface area (Å²) in [5, 5.41) is 10.5. The molecule has 154 valence electrons. The SMILES string of the molecule is [C-]#[N+]/C(=C\c1cc(C(C)(C)C)c(O)c(C(C)(C)C)c1)S(=O)(=O)CCCCC=C. The Kier molecular flexibility index (Phi) is 7.67. The Morgan fingerprint density at radius 1 is 1.11 bits per heavy atom. The van der Waals surface area contributed by atoms with Crippen molar-refractivity contribution in [2.24, 2.45) is 0 Å². The summed E-state index contributed by atoms with van der Waals surface area (Å²) >= 11 is 0. The summed E-state index contributed by atoms with van der Waals surface area (Å²) in [6, 6.07) is 3.56. The molecule has 0 spiro atoms. The van der Waals surface area contributed by atoms with Gasteiger partial charge in [0.2, 0.25) is 0 Å². The second kappa shape index (κ2) is 8.96. The number of phenols is 1. The van der Waals surface area contributed by atoms with Gasteiger partial charge in [0.1, 0.15) is 5.75 Å². The van der Waals surface area contributed by atoms with Gasteiger partial charge in [-0.3, -0.25) is 0 Å². The van der Waals surface area contributed by atoms with E-state index in [1.807, 2.05) is 41.5 Å². The molecular weight excluding hydrogens is 370 g/mol. The highest BCUT2D eigenvalue weighted by Gasteiger charge is 2.27. The van der Waals surface area contributed by atoms with E-state index in [0.29, 0.717) is 12.0 Å². The van der Waals surface area contributed by atoms with Crippen LogP contribution in [0.2, 0.25) is 0 Å². The number of aromatic hydroxyl groups is 1. The van der Waals surface area contributed by atoms with E-state index in [-0.39, 0.29) is 27.4 Å². The van der Waals surface area contributed by atoms with Crippen molar-refractivity contribution in [3.63, 3.8) is 0 Å². The fourth-order valence-electron chi connectivity index (χ4n) is 2.90. The lowest BCUT2D eigenvalue weighted by Crippen LogP contribution is -2.17. The van der Waals surface area contributed by atoms with Gasteiger partial charge in [0.05, 0.1) is 6.57 Å². The molecule has 0 bridgehead atoms. The molecule has 0 atom stereocenters. The van der Waals surface area contributed by atoms with Crippen LogP contribution in [0.25, 0.3) is 10.9 Å². The van der Waals surface area contributed by atoms with E-state index < -0.39 is 9.84 Å². The number of sulfone groups is 1. The lowest BCUT2D eigenvalue weighted by atomic mass is 9.78. The van der Waals surface area contributed by atoms with E-state index in [1.165, 1.54) is 6.08 Å². The summed E-state index contributed by atoms with van der Waals surface area (Å²) < 4.78 is 25.2. The number of nitrogens with zero attached hydrogens (tertiary/aromatic N) is 1. The van der Waals surface area contributed by atoms with Crippen molar-refractivity contribution in [1.82, 2.24) is 0 Å². The van der Waals surface area contributed by atoms with Crippen molar-refractivity contribution in [3.8, 4) is 5.75 Å². The molecule has 0 amide bonds. The van der Waals surface area contributed by atoms with Crippen LogP contribution in [-0.4, -0.2) is 19.3 Å². The van der Waals surface area contributed by atoms with Gasteiger partial charge in [-0.25, -0.2) is 13.3 Å². The lowest BCUT2D eigenvalue weighted by molar-refractivity contribution is 0.423. The number of allylic oxidation sites excluding steroid dienone is 1. The molecule has 5 heteroatoms. The van der Waals surface area contributed by atoms with Crippen molar-refractivity contribution in [2.75, 3.05) is 5.75 Å². The van der Waals surface area contributed by atoms with Crippen molar-refractivity contribution >= 4 is 15.9 Å². The normalized spacial score (nSPS) is 13.2. The average Bonchev–Trinajstić information content (AvgIpc) is 2.55. The first-order chi connectivity index (χ1) is 12.7. The standard InChI is InChI=1S/C23H33NO3S/c1-9-10-11-12-13-28(26,27)20(24-8)16-17-14-18(22(2,3)4)21(25)19(15-17)23(5,6)7/h9,14-16,25H,1,10-13H2,2-7H3/b20-16+. The number of hydrogen-bond donors (Lipinski definition) is 1. The molecule has 1 N–H and O–H groups in total. The molecule has 0 heterocycles. The van der Waals surface area contributed by atoms with Crippen LogP contribution in [0.4, 0.5) is 0 Å². The summed E-state index contributed by atoms with van der Waals surface area (Å²) in [5.74, 6) is 0.180. The molecule has 28 heavy (non-hydrogen) atoms. The van der Waals surface area contributed by atoms with Crippen LogP contribution < -0.4 is 0 Å². The molecule has 0 saturated heterocycles. The second-order valence-corrected chi connectivity index (χ2v) is 11.2. The van der Waals surface area contributed by atoms with Crippen molar-refractivity contribution in [2.45, 2.75) is 71.6 Å². The number of benzene rings is 1. The van der Waals surface area contributed by atoms with Gasteiger partial charge in [-0.1, -0.05) is 47.6 Å². The van der Waals surface area contributed by atoms with Crippen molar-refractivity contribution < 1.29 is 13.5 Å². The minimum Gasteiger partial charge on any atom is -0.507 e. The highest BCUT2D eigenvalue weighted by atomic mass is 32.2. The lowest BCUT2D eigenvalue weighted by Gasteiger charge is -2.28. The summed E-state index contributed by atoms with van der Waals surface area (Å²) in [6.45, 7) is 23.0. The van der Waals surface area contributed by atoms with Crippen LogP contribution in [0.3, 0.4) is 0 Å². The van der Waals surface area contributed by atoms with E-state index in [9.17, 15) is 13.5 Å². The Labute approximate surface area is 170 Å². The molecular formula is C23H33NO3S. The minimum absolute atomic E-state index is 0.0502. The second-order valence-electron chi connectivity index (χ2n) is 9.16. The van der Waals surface area contributed by atoms with Gasteiger partial charge in [-0.15, -0.1) is 6.58 Å². The zero-order valence-electron chi connectivity index (χ0n) is 18.0. The zero-order valence-corrected chi connectivity index (χ0v) is 18.8. The van der Waals surface area contributed by atoms with Crippen molar-refractivity contribution in [1.29, 1.82) is 0 Å². The van der Waals surface area contributed by atoms with Crippen LogP contribution in [0.1, 0.15) is 77.5 Å². The highest BCUT2D eigenvalue weighted by molar-refractivity contribution is 7.95. The Morgan fingerprint density at radius 2 is 1.61 bits per heavy atom. The number of rotatable bonds is 7. The quantitative estimate of drug-likeness (QED) is 0.346. The first-order valence-corrected chi connectivity index (χ1v) is 11.2. The molecule has 0 aliphatic rings. The van der Waals surface area contributed by atoms with Gasteiger partial charge in [-0.2, -0.15) is 0 Å². The van der Waals surface area contributed by atoms with Gasteiger partial charge < -0.3 is 5.11 Å². The molecule has 0 aliphatic carbocycles. The fourth-order valence-corrected chi connectivity index (χ4v) is 4.15. The molecule has 4 nitrogen and oxygen atoms in total. The zero-order chi connectivity index (χ0) is 21.8. The predicted molar refractivity (Wildman–Crippen MR) is 118 cm³/mol. The molecule has 0 radical (unpaired) electrons. The molecule has 0 unspecified atom stereocenters. The van der Waals surface area contributed by atoms with Crippen LogP contribution in [-0.2, 0) is 20.7 Å². The summed E-state index contributed by atoms with van der Waals surface area (Å²) in [7, 11) is -3.65. The molecule has 0 aliphatic heterocycles. The fraction of sp³-hybridized carbons (Fsp3) is 0.522.